The first kappa shape index (κ1) is 21.0. The van der Waals surface area contributed by atoms with E-state index in [2.05, 4.69) is 31.3 Å². The minimum Gasteiger partial charge on any atom is -0.359 e. The number of nitro groups is 1. The maximum Gasteiger partial charge on any atom is 0.278 e. The molecule has 2 aromatic heterocycles. The lowest BCUT2D eigenvalue weighted by molar-refractivity contribution is -0.384. The van der Waals surface area contributed by atoms with Crippen molar-refractivity contribution in [3.8, 4) is 11.3 Å². The van der Waals surface area contributed by atoms with Gasteiger partial charge in [-0.3, -0.25) is 15.0 Å². The van der Waals surface area contributed by atoms with Crippen LogP contribution < -0.4 is 10.2 Å². The first-order chi connectivity index (χ1) is 15.2. The molecule has 0 unspecified atom stereocenters. The van der Waals surface area contributed by atoms with Crippen LogP contribution in [0.5, 0.6) is 0 Å². The SMILES string of the molecule is O=[N+]([O-])c1ccccc1-c1cc(CNCCCN2CCN(c3ccccn3)CC2)on1. The minimum absolute atomic E-state index is 0.0263. The van der Waals surface area contributed by atoms with Crippen LogP contribution in [0, 0.1) is 10.1 Å². The average molecular weight is 422 g/mol. The number of hydrogen-bond acceptors (Lipinski definition) is 8. The van der Waals surface area contributed by atoms with Crippen LogP contribution in [-0.2, 0) is 6.54 Å². The number of pyridine rings is 1. The highest BCUT2D eigenvalue weighted by molar-refractivity contribution is 5.70. The van der Waals surface area contributed by atoms with Crippen LogP contribution in [0.2, 0.25) is 0 Å². The number of nitro benzene ring substituents is 1. The van der Waals surface area contributed by atoms with Crippen LogP contribution in [0.4, 0.5) is 11.5 Å². The Morgan fingerprint density at radius 3 is 2.68 bits per heavy atom. The van der Waals surface area contributed by atoms with Gasteiger partial charge in [0.05, 0.1) is 17.0 Å². The van der Waals surface area contributed by atoms with Crippen molar-refractivity contribution in [1.29, 1.82) is 0 Å². The number of anilines is 1. The molecule has 162 valence electrons. The number of piperazine rings is 1. The molecule has 1 N–H and O–H groups in total. The molecule has 3 heterocycles. The third-order valence-electron chi connectivity index (χ3n) is 5.41. The number of nitrogens with zero attached hydrogens (tertiary/aromatic N) is 5. The van der Waals surface area contributed by atoms with Gasteiger partial charge >= 0.3 is 0 Å². The second kappa shape index (κ2) is 10.1. The van der Waals surface area contributed by atoms with Gasteiger partial charge in [-0.25, -0.2) is 4.98 Å². The highest BCUT2D eigenvalue weighted by Crippen LogP contribution is 2.28. The number of nitrogens with one attached hydrogen (secondary N) is 1. The van der Waals surface area contributed by atoms with E-state index in [-0.39, 0.29) is 5.69 Å². The van der Waals surface area contributed by atoms with Gasteiger partial charge in [0.15, 0.2) is 5.76 Å². The average Bonchev–Trinajstić information content (AvgIpc) is 3.29. The van der Waals surface area contributed by atoms with Gasteiger partial charge in [-0.05, 0) is 37.7 Å². The van der Waals surface area contributed by atoms with Gasteiger partial charge in [-0.15, -0.1) is 0 Å². The Hall–Kier alpha value is -3.30. The monoisotopic (exact) mass is 422 g/mol. The van der Waals surface area contributed by atoms with E-state index in [1.54, 1.807) is 24.3 Å². The molecule has 0 saturated carbocycles. The summed E-state index contributed by atoms with van der Waals surface area (Å²) in [6.45, 7) is 6.52. The van der Waals surface area contributed by atoms with Crippen molar-refractivity contribution < 1.29 is 9.45 Å². The van der Waals surface area contributed by atoms with Crippen LogP contribution in [0.25, 0.3) is 11.3 Å². The summed E-state index contributed by atoms with van der Waals surface area (Å²) in [5, 5.41) is 18.6. The summed E-state index contributed by atoms with van der Waals surface area (Å²) in [5.74, 6) is 1.72. The molecule has 0 amide bonds. The fraction of sp³-hybridized carbons (Fsp3) is 0.364. The molecular formula is C22H26N6O3. The van der Waals surface area contributed by atoms with E-state index in [0.717, 1.165) is 51.5 Å². The Kier molecular flexibility index (Phi) is 6.85. The van der Waals surface area contributed by atoms with Crippen LogP contribution >= 0.6 is 0 Å². The summed E-state index contributed by atoms with van der Waals surface area (Å²) in [6.07, 6.45) is 2.88. The molecule has 9 heteroatoms. The fourth-order valence-electron chi connectivity index (χ4n) is 3.75. The summed E-state index contributed by atoms with van der Waals surface area (Å²) >= 11 is 0. The standard InChI is InChI=1S/C22H26N6O3/c29-28(30)21-7-2-1-6-19(21)20-16-18(31-25-20)17-23-9-5-11-26-12-14-27(15-13-26)22-8-3-4-10-24-22/h1-4,6-8,10,16,23H,5,9,11-15,17H2. The lowest BCUT2D eigenvalue weighted by Gasteiger charge is -2.35. The second-order valence-electron chi connectivity index (χ2n) is 7.50. The quantitative estimate of drug-likeness (QED) is 0.319. The lowest BCUT2D eigenvalue weighted by atomic mass is 10.1. The van der Waals surface area contributed by atoms with Crippen LogP contribution in [0.3, 0.4) is 0 Å². The Morgan fingerprint density at radius 2 is 1.90 bits per heavy atom. The van der Waals surface area contributed by atoms with E-state index in [9.17, 15) is 10.1 Å². The fourth-order valence-corrected chi connectivity index (χ4v) is 3.75. The Morgan fingerprint density at radius 1 is 1.10 bits per heavy atom. The first-order valence-corrected chi connectivity index (χ1v) is 10.5. The van der Waals surface area contributed by atoms with Crippen molar-refractivity contribution >= 4 is 11.5 Å². The summed E-state index contributed by atoms with van der Waals surface area (Å²) in [6, 6.07) is 14.3. The molecule has 4 rings (SSSR count). The normalized spacial score (nSPS) is 14.6. The smallest absolute Gasteiger partial charge is 0.278 e. The Labute approximate surface area is 180 Å². The van der Waals surface area contributed by atoms with Crippen molar-refractivity contribution in [2.75, 3.05) is 44.2 Å². The molecule has 1 aromatic carbocycles. The third-order valence-corrected chi connectivity index (χ3v) is 5.41. The predicted molar refractivity (Wildman–Crippen MR) is 118 cm³/mol. The van der Waals surface area contributed by atoms with Crippen molar-refractivity contribution in [1.82, 2.24) is 20.4 Å². The maximum atomic E-state index is 11.2. The topological polar surface area (TPSA) is 101 Å². The van der Waals surface area contributed by atoms with Crippen LogP contribution in [0.15, 0.2) is 59.3 Å². The Bertz CT molecular complexity index is 986. The predicted octanol–water partition coefficient (Wildman–Crippen LogP) is 2.95. The van der Waals surface area contributed by atoms with Gasteiger partial charge < -0.3 is 14.7 Å². The second-order valence-corrected chi connectivity index (χ2v) is 7.50. The van der Waals surface area contributed by atoms with E-state index in [1.165, 1.54) is 6.07 Å². The van der Waals surface area contributed by atoms with E-state index in [0.29, 0.717) is 23.6 Å². The molecule has 3 aromatic rings. The molecule has 0 atom stereocenters. The van der Waals surface area contributed by atoms with Crippen LogP contribution in [-0.4, -0.2) is 59.2 Å². The minimum atomic E-state index is -0.405. The van der Waals surface area contributed by atoms with Crippen molar-refractivity contribution in [2.24, 2.45) is 0 Å². The molecule has 1 fully saturated rings. The van der Waals surface area contributed by atoms with E-state index in [4.69, 9.17) is 4.52 Å². The number of rotatable bonds is 9. The van der Waals surface area contributed by atoms with Gasteiger partial charge in [0.1, 0.15) is 11.5 Å². The molecule has 0 radical (unpaired) electrons. The number of hydrogen-bond donors (Lipinski definition) is 1. The van der Waals surface area contributed by atoms with Gasteiger partial charge in [-0.2, -0.15) is 0 Å². The molecule has 1 aliphatic heterocycles. The summed E-state index contributed by atoms with van der Waals surface area (Å²) in [7, 11) is 0. The zero-order valence-electron chi connectivity index (χ0n) is 17.3. The molecular weight excluding hydrogens is 396 g/mol. The van der Waals surface area contributed by atoms with Gasteiger partial charge in [-0.1, -0.05) is 23.4 Å². The Balaban J connectivity index is 1.17. The van der Waals surface area contributed by atoms with Gasteiger partial charge in [0.2, 0.25) is 0 Å². The molecule has 0 aliphatic carbocycles. The summed E-state index contributed by atoms with van der Waals surface area (Å²) in [5.41, 5.74) is 0.973. The molecule has 1 saturated heterocycles. The van der Waals surface area contributed by atoms with Crippen LogP contribution in [0.1, 0.15) is 12.2 Å². The molecule has 1 aliphatic rings. The molecule has 9 nitrogen and oxygen atoms in total. The molecule has 0 bridgehead atoms. The number of aromatic nitrogens is 2. The van der Waals surface area contributed by atoms with E-state index < -0.39 is 4.92 Å². The number of para-hydroxylation sites is 1. The first-order valence-electron chi connectivity index (χ1n) is 10.5. The highest BCUT2D eigenvalue weighted by atomic mass is 16.6. The van der Waals surface area contributed by atoms with Crippen molar-refractivity contribution in [3.05, 3.63) is 70.6 Å². The summed E-state index contributed by atoms with van der Waals surface area (Å²) in [4.78, 5) is 20.0. The third kappa shape index (κ3) is 5.44. The zero-order chi connectivity index (χ0) is 21.5. The molecule has 31 heavy (non-hydrogen) atoms. The summed E-state index contributed by atoms with van der Waals surface area (Å²) < 4.78 is 5.35. The van der Waals surface area contributed by atoms with E-state index in [1.807, 2.05) is 18.3 Å². The number of benzene rings is 1. The lowest BCUT2D eigenvalue weighted by Crippen LogP contribution is -2.47. The van der Waals surface area contributed by atoms with Gasteiger partial charge in [0.25, 0.3) is 5.69 Å². The van der Waals surface area contributed by atoms with Crippen molar-refractivity contribution in [2.45, 2.75) is 13.0 Å². The maximum absolute atomic E-state index is 11.2. The molecule has 0 spiro atoms. The highest BCUT2D eigenvalue weighted by Gasteiger charge is 2.18. The van der Waals surface area contributed by atoms with Crippen molar-refractivity contribution in [3.63, 3.8) is 0 Å². The van der Waals surface area contributed by atoms with Gasteiger partial charge in [0, 0.05) is 44.5 Å². The van der Waals surface area contributed by atoms with E-state index >= 15 is 0 Å². The zero-order valence-corrected chi connectivity index (χ0v) is 17.3. The largest absolute Gasteiger partial charge is 0.359 e.